The second-order valence-corrected chi connectivity index (χ2v) is 10.5. The smallest absolute Gasteiger partial charge is 0.255 e. The lowest BCUT2D eigenvalue weighted by molar-refractivity contribution is 0.102. The van der Waals surface area contributed by atoms with Crippen LogP contribution in [-0.4, -0.2) is 44.9 Å². The van der Waals surface area contributed by atoms with Gasteiger partial charge in [-0.05, 0) is 56.0 Å². The van der Waals surface area contributed by atoms with Crippen LogP contribution < -0.4 is 15.4 Å². The van der Waals surface area contributed by atoms with E-state index in [1.165, 1.54) is 16.8 Å². The Bertz CT molecular complexity index is 1060. The number of ether oxygens (including phenoxy) is 1. The van der Waals surface area contributed by atoms with E-state index in [9.17, 15) is 13.2 Å². The van der Waals surface area contributed by atoms with Crippen molar-refractivity contribution in [1.82, 2.24) is 4.31 Å². The van der Waals surface area contributed by atoms with Crippen molar-refractivity contribution in [3.05, 3.63) is 48.0 Å². The molecule has 0 atom stereocenters. The first kappa shape index (κ1) is 22.6. The number of carbonyl (C=O) groups is 1. The van der Waals surface area contributed by atoms with Gasteiger partial charge in [0.1, 0.15) is 5.75 Å². The minimum absolute atomic E-state index is 0.163. The monoisotopic (exact) mass is 457 g/mol. The van der Waals surface area contributed by atoms with E-state index in [1.54, 1.807) is 43.5 Å². The minimum Gasteiger partial charge on any atom is -0.497 e. The third kappa shape index (κ3) is 5.24. The highest BCUT2D eigenvalue weighted by Gasteiger charge is 2.28. The Labute approximate surface area is 190 Å². The van der Waals surface area contributed by atoms with E-state index < -0.39 is 10.0 Å². The van der Waals surface area contributed by atoms with Gasteiger partial charge in [0.2, 0.25) is 10.0 Å². The molecule has 1 amide bonds. The lowest BCUT2D eigenvalue weighted by atomic mass is 9.95. The quantitative estimate of drug-likeness (QED) is 0.640. The largest absolute Gasteiger partial charge is 0.497 e. The number of carbonyl (C=O) groups excluding carboxylic acids is 1. The number of amides is 1. The van der Waals surface area contributed by atoms with Crippen LogP contribution in [0.4, 0.5) is 11.4 Å². The molecule has 1 saturated carbocycles. The minimum atomic E-state index is -3.65. The Morgan fingerprint density at radius 3 is 2.44 bits per heavy atom. The van der Waals surface area contributed by atoms with Crippen LogP contribution in [0.1, 0.15) is 55.3 Å². The van der Waals surface area contributed by atoms with E-state index in [4.69, 9.17) is 4.74 Å². The Morgan fingerprint density at radius 2 is 1.72 bits per heavy atom. The standard InChI is InChI=1S/C24H31N3O4S/c1-31-22-11-7-10-20(16-22)26-24(28)18-14-21(25-19-8-3-2-4-9-19)17-23(15-18)32(29,30)27-12-5-6-13-27/h7,10-11,14-17,19,25H,2-6,8-9,12-13H2,1H3,(H,26,28). The summed E-state index contributed by atoms with van der Waals surface area (Å²) in [5.74, 6) is 0.274. The number of sulfonamides is 1. The molecular weight excluding hydrogens is 426 g/mol. The van der Waals surface area contributed by atoms with Crippen LogP contribution in [0.25, 0.3) is 0 Å². The second kappa shape index (κ2) is 9.92. The molecule has 2 aromatic rings. The maximum absolute atomic E-state index is 13.2. The van der Waals surface area contributed by atoms with Gasteiger partial charge < -0.3 is 15.4 Å². The molecule has 172 valence electrons. The molecule has 32 heavy (non-hydrogen) atoms. The number of hydrogen-bond donors (Lipinski definition) is 2. The normalized spacial score (nSPS) is 17.8. The molecule has 0 spiro atoms. The van der Waals surface area contributed by atoms with Crippen molar-refractivity contribution in [2.24, 2.45) is 0 Å². The Morgan fingerprint density at radius 1 is 0.969 bits per heavy atom. The molecule has 2 aromatic carbocycles. The molecule has 8 heteroatoms. The maximum Gasteiger partial charge on any atom is 0.255 e. The number of anilines is 2. The average Bonchev–Trinajstić information content (AvgIpc) is 3.36. The predicted octanol–water partition coefficient (Wildman–Crippen LogP) is 4.48. The van der Waals surface area contributed by atoms with Gasteiger partial charge in [-0.2, -0.15) is 4.31 Å². The molecule has 1 aliphatic carbocycles. The predicted molar refractivity (Wildman–Crippen MR) is 126 cm³/mol. The highest BCUT2D eigenvalue weighted by molar-refractivity contribution is 7.89. The zero-order chi connectivity index (χ0) is 22.6. The summed E-state index contributed by atoms with van der Waals surface area (Å²) in [6.45, 7) is 1.04. The van der Waals surface area contributed by atoms with Gasteiger partial charge in [0.05, 0.1) is 12.0 Å². The SMILES string of the molecule is COc1cccc(NC(=O)c2cc(NC3CCCCC3)cc(S(=O)(=O)N3CCCC3)c2)c1. The highest BCUT2D eigenvalue weighted by Crippen LogP contribution is 2.28. The molecule has 2 aliphatic rings. The van der Waals surface area contributed by atoms with Crippen LogP contribution in [0.2, 0.25) is 0 Å². The molecule has 0 aromatic heterocycles. The van der Waals surface area contributed by atoms with Crippen molar-refractivity contribution in [3.8, 4) is 5.75 Å². The molecule has 1 aliphatic heterocycles. The van der Waals surface area contributed by atoms with Gasteiger partial charge in [0.25, 0.3) is 5.91 Å². The first-order valence-corrected chi connectivity index (χ1v) is 12.8. The fourth-order valence-corrected chi connectivity index (χ4v) is 6.02. The molecule has 0 radical (unpaired) electrons. The van der Waals surface area contributed by atoms with Gasteiger partial charge >= 0.3 is 0 Å². The zero-order valence-corrected chi connectivity index (χ0v) is 19.3. The summed E-state index contributed by atoms with van der Waals surface area (Å²) in [5.41, 5.74) is 1.57. The van der Waals surface area contributed by atoms with E-state index in [-0.39, 0.29) is 10.8 Å². The summed E-state index contributed by atoms with van der Waals surface area (Å²) in [6.07, 6.45) is 7.38. The maximum atomic E-state index is 13.2. The molecule has 7 nitrogen and oxygen atoms in total. The van der Waals surface area contributed by atoms with E-state index in [0.717, 1.165) is 38.5 Å². The van der Waals surface area contributed by atoms with Crippen molar-refractivity contribution in [1.29, 1.82) is 0 Å². The van der Waals surface area contributed by atoms with Gasteiger partial charge in [-0.3, -0.25) is 4.79 Å². The van der Waals surface area contributed by atoms with E-state index >= 15 is 0 Å². The van der Waals surface area contributed by atoms with E-state index in [0.29, 0.717) is 41.8 Å². The Kier molecular flexibility index (Phi) is 7.01. The number of nitrogens with zero attached hydrogens (tertiary/aromatic N) is 1. The lowest BCUT2D eigenvalue weighted by Gasteiger charge is -2.25. The molecular formula is C24H31N3O4S. The summed E-state index contributed by atoms with van der Waals surface area (Å²) in [6, 6.07) is 12.3. The van der Waals surface area contributed by atoms with Crippen LogP contribution in [0.15, 0.2) is 47.4 Å². The lowest BCUT2D eigenvalue weighted by Crippen LogP contribution is -2.28. The van der Waals surface area contributed by atoms with Crippen molar-refractivity contribution >= 4 is 27.3 Å². The average molecular weight is 458 g/mol. The third-order valence-corrected chi connectivity index (χ3v) is 8.05. The zero-order valence-electron chi connectivity index (χ0n) is 18.5. The van der Waals surface area contributed by atoms with Crippen molar-refractivity contribution < 1.29 is 17.9 Å². The molecule has 2 fully saturated rings. The second-order valence-electron chi connectivity index (χ2n) is 8.52. The fourth-order valence-electron chi connectivity index (χ4n) is 4.43. The Hall–Kier alpha value is -2.58. The van der Waals surface area contributed by atoms with E-state index in [1.807, 2.05) is 0 Å². The molecule has 2 N–H and O–H groups in total. The topological polar surface area (TPSA) is 87.7 Å². The molecule has 0 unspecified atom stereocenters. The summed E-state index contributed by atoms with van der Waals surface area (Å²) < 4.78 is 33.2. The number of hydrogen-bond acceptors (Lipinski definition) is 5. The highest BCUT2D eigenvalue weighted by atomic mass is 32.2. The third-order valence-electron chi connectivity index (χ3n) is 6.18. The molecule has 1 saturated heterocycles. The van der Waals surface area contributed by atoms with Crippen LogP contribution in [-0.2, 0) is 10.0 Å². The molecule has 1 heterocycles. The molecule has 4 rings (SSSR count). The number of methoxy groups -OCH3 is 1. The summed E-state index contributed by atoms with van der Waals surface area (Å²) in [4.78, 5) is 13.2. The number of benzene rings is 2. The van der Waals surface area contributed by atoms with Gasteiger partial charge in [0, 0.05) is 42.1 Å². The van der Waals surface area contributed by atoms with Crippen molar-refractivity contribution in [3.63, 3.8) is 0 Å². The van der Waals surface area contributed by atoms with Crippen LogP contribution in [0.5, 0.6) is 5.75 Å². The van der Waals surface area contributed by atoms with Gasteiger partial charge in [-0.25, -0.2) is 8.42 Å². The number of nitrogens with one attached hydrogen (secondary N) is 2. The number of rotatable bonds is 7. The van der Waals surface area contributed by atoms with Gasteiger partial charge in [-0.1, -0.05) is 25.3 Å². The van der Waals surface area contributed by atoms with Crippen LogP contribution in [0, 0.1) is 0 Å². The summed E-state index contributed by atoms with van der Waals surface area (Å²) >= 11 is 0. The van der Waals surface area contributed by atoms with Gasteiger partial charge in [0.15, 0.2) is 0 Å². The van der Waals surface area contributed by atoms with Crippen LogP contribution >= 0.6 is 0 Å². The van der Waals surface area contributed by atoms with E-state index in [2.05, 4.69) is 10.6 Å². The van der Waals surface area contributed by atoms with Crippen LogP contribution in [0.3, 0.4) is 0 Å². The fraction of sp³-hybridized carbons (Fsp3) is 0.458. The van der Waals surface area contributed by atoms with Gasteiger partial charge in [-0.15, -0.1) is 0 Å². The first-order chi connectivity index (χ1) is 15.5. The summed E-state index contributed by atoms with van der Waals surface area (Å²) in [7, 11) is -2.08. The van der Waals surface area contributed by atoms with Crippen molar-refractivity contribution in [2.45, 2.75) is 55.9 Å². The first-order valence-electron chi connectivity index (χ1n) is 11.3. The molecule has 0 bridgehead atoms. The Balaban J connectivity index is 1.64. The summed E-state index contributed by atoms with van der Waals surface area (Å²) in [5, 5.41) is 6.34. The van der Waals surface area contributed by atoms with Crippen molar-refractivity contribution in [2.75, 3.05) is 30.8 Å².